The van der Waals surface area contributed by atoms with E-state index in [0.29, 0.717) is 18.2 Å². The number of ether oxygens (including phenoxy) is 1. The molecular weight excluding hydrogens is 250 g/mol. The van der Waals surface area contributed by atoms with Gasteiger partial charge in [0.05, 0.1) is 11.8 Å². The summed E-state index contributed by atoms with van der Waals surface area (Å²) in [6.07, 6.45) is 1.48. The smallest absolute Gasteiger partial charge is 0.0655 e. The average Bonchev–Trinajstić information content (AvgIpc) is 2.62. The maximum Gasteiger partial charge on any atom is 0.0655 e. The molecule has 3 unspecified atom stereocenters. The molecule has 0 bridgehead atoms. The lowest BCUT2D eigenvalue weighted by molar-refractivity contribution is -0.116. The number of hydrogen-bond acceptors (Lipinski definition) is 3. The molecule has 1 aromatic heterocycles. The van der Waals surface area contributed by atoms with Gasteiger partial charge in [0.1, 0.15) is 0 Å². The van der Waals surface area contributed by atoms with Crippen LogP contribution < -0.4 is 5.32 Å². The SMILES string of the molecule is CCOC1CC(NC(C)c2c(C)nn(C)c2C)C1(C)C. The van der Waals surface area contributed by atoms with Crippen LogP contribution in [0.3, 0.4) is 0 Å². The van der Waals surface area contributed by atoms with Gasteiger partial charge in [0.2, 0.25) is 0 Å². The van der Waals surface area contributed by atoms with Crippen molar-refractivity contribution in [2.75, 3.05) is 6.61 Å². The third-order valence-electron chi connectivity index (χ3n) is 4.99. The van der Waals surface area contributed by atoms with E-state index in [0.717, 1.165) is 18.7 Å². The molecule has 1 fully saturated rings. The first-order valence-corrected chi connectivity index (χ1v) is 7.66. The summed E-state index contributed by atoms with van der Waals surface area (Å²) < 4.78 is 7.78. The maximum atomic E-state index is 5.81. The summed E-state index contributed by atoms with van der Waals surface area (Å²) in [5.41, 5.74) is 3.92. The van der Waals surface area contributed by atoms with Gasteiger partial charge in [-0.25, -0.2) is 0 Å². The molecule has 1 N–H and O–H groups in total. The van der Waals surface area contributed by atoms with Gasteiger partial charge in [0.15, 0.2) is 0 Å². The zero-order chi connectivity index (χ0) is 15.1. The zero-order valence-corrected chi connectivity index (χ0v) is 13.9. The van der Waals surface area contributed by atoms with Crippen LogP contribution in [-0.2, 0) is 11.8 Å². The molecule has 0 spiro atoms. The maximum absolute atomic E-state index is 5.81. The van der Waals surface area contributed by atoms with Gasteiger partial charge in [0.25, 0.3) is 0 Å². The molecular formula is C16H29N3O. The Balaban J connectivity index is 2.04. The minimum Gasteiger partial charge on any atom is -0.378 e. The van der Waals surface area contributed by atoms with E-state index in [9.17, 15) is 0 Å². The van der Waals surface area contributed by atoms with Gasteiger partial charge < -0.3 is 10.1 Å². The van der Waals surface area contributed by atoms with E-state index in [1.165, 1.54) is 11.3 Å². The van der Waals surface area contributed by atoms with Gasteiger partial charge in [0, 0.05) is 42.4 Å². The molecule has 1 aliphatic rings. The molecule has 0 amide bonds. The Morgan fingerprint density at radius 1 is 1.45 bits per heavy atom. The fourth-order valence-corrected chi connectivity index (χ4v) is 3.45. The lowest BCUT2D eigenvalue weighted by atomic mass is 9.64. The topological polar surface area (TPSA) is 39.1 Å². The van der Waals surface area contributed by atoms with Gasteiger partial charge in [-0.3, -0.25) is 4.68 Å². The largest absolute Gasteiger partial charge is 0.378 e. The summed E-state index contributed by atoms with van der Waals surface area (Å²) in [4.78, 5) is 0. The van der Waals surface area contributed by atoms with Crippen molar-refractivity contribution in [2.24, 2.45) is 12.5 Å². The number of aromatic nitrogens is 2. The Kier molecular flexibility index (Phi) is 4.26. The molecule has 4 heteroatoms. The van der Waals surface area contributed by atoms with Crippen molar-refractivity contribution in [2.45, 2.75) is 66.2 Å². The van der Waals surface area contributed by atoms with Crippen LogP contribution in [0, 0.1) is 19.3 Å². The standard InChI is InChI=1S/C16H29N3O/c1-8-20-14-9-13(16(14,5)6)17-10(2)15-11(3)18-19(7)12(15)4/h10,13-14,17H,8-9H2,1-7H3. The third-order valence-corrected chi connectivity index (χ3v) is 4.99. The van der Waals surface area contributed by atoms with Crippen LogP contribution in [0.25, 0.3) is 0 Å². The Labute approximate surface area is 122 Å². The van der Waals surface area contributed by atoms with Gasteiger partial charge in [-0.05, 0) is 34.1 Å². The zero-order valence-electron chi connectivity index (χ0n) is 13.9. The number of nitrogens with one attached hydrogen (secondary N) is 1. The van der Waals surface area contributed by atoms with Crippen molar-refractivity contribution >= 4 is 0 Å². The van der Waals surface area contributed by atoms with Crippen LogP contribution in [-0.4, -0.2) is 28.5 Å². The lowest BCUT2D eigenvalue weighted by Gasteiger charge is -2.52. The first kappa shape index (κ1) is 15.5. The Bertz CT molecular complexity index is 478. The highest BCUT2D eigenvalue weighted by Gasteiger charge is 2.49. The molecule has 0 aromatic carbocycles. The van der Waals surface area contributed by atoms with Crippen LogP contribution in [0.5, 0.6) is 0 Å². The highest BCUT2D eigenvalue weighted by atomic mass is 16.5. The monoisotopic (exact) mass is 279 g/mol. The molecule has 1 saturated carbocycles. The molecule has 1 aromatic rings. The van der Waals surface area contributed by atoms with E-state index in [-0.39, 0.29) is 5.41 Å². The lowest BCUT2D eigenvalue weighted by Crippen LogP contribution is -2.61. The van der Waals surface area contributed by atoms with Crippen molar-refractivity contribution < 1.29 is 4.74 Å². The second-order valence-corrected chi connectivity index (χ2v) is 6.65. The third kappa shape index (κ3) is 2.51. The summed E-state index contributed by atoms with van der Waals surface area (Å²) >= 11 is 0. The van der Waals surface area contributed by atoms with E-state index < -0.39 is 0 Å². The van der Waals surface area contributed by atoms with Crippen LogP contribution in [0.1, 0.15) is 57.1 Å². The summed E-state index contributed by atoms with van der Waals surface area (Å²) in [7, 11) is 2.01. The fraction of sp³-hybridized carbons (Fsp3) is 0.812. The van der Waals surface area contributed by atoms with E-state index in [4.69, 9.17) is 4.74 Å². The minimum atomic E-state index is 0.203. The molecule has 0 radical (unpaired) electrons. The molecule has 1 aliphatic carbocycles. The second kappa shape index (κ2) is 5.49. The molecule has 2 rings (SSSR count). The van der Waals surface area contributed by atoms with E-state index in [1.807, 2.05) is 11.7 Å². The number of nitrogens with zero attached hydrogens (tertiary/aromatic N) is 2. The molecule has 1 heterocycles. The van der Waals surface area contributed by atoms with Crippen molar-refractivity contribution in [1.29, 1.82) is 0 Å². The minimum absolute atomic E-state index is 0.203. The molecule has 0 saturated heterocycles. The quantitative estimate of drug-likeness (QED) is 0.901. The highest BCUT2D eigenvalue weighted by Crippen LogP contribution is 2.43. The van der Waals surface area contributed by atoms with Gasteiger partial charge in [-0.15, -0.1) is 0 Å². The summed E-state index contributed by atoms with van der Waals surface area (Å²) in [6.45, 7) is 13.9. The first-order chi connectivity index (χ1) is 9.28. The second-order valence-electron chi connectivity index (χ2n) is 6.65. The van der Waals surface area contributed by atoms with E-state index in [1.54, 1.807) is 0 Å². The van der Waals surface area contributed by atoms with Gasteiger partial charge >= 0.3 is 0 Å². The highest BCUT2D eigenvalue weighted by molar-refractivity contribution is 5.28. The number of hydrogen-bond donors (Lipinski definition) is 1. The van der Waals surface area contributed by atoms with E-state index in [2.05, 4.69) is 52.0 Å². The summed E-state index contributed by atoms with van der Waals surface area (Å²) in [6, 6.07) is 0.837. The van der Waals surface area contributed by atoms with Crippen molar-refractivity contribution in [3.8, 4) is 0 Å². The summed E-state index contributed by atoms with van der Waals surface area (Å²) in [5.74, 6) is 0. The fourth-order valence-electron chi connectivity index (χ4n) is 3.45. The van der Waals surface area contributed by atoms with Crippen LogP contribution in [0.2, 0.25) is 0 Å². The normalized spacial score (nSPS) is 26.4. The van der Waals surface area contributed by atoms with Crippen molar-refractivity contribution in [1.82, 2.24) is 15.1 Å². The molecule has 114 valence electrons. The Morgan fingerprint density at radius 3 is 2.55 bits per heavy atom. The van der Waals surface area contributed by atoms with Crippen molar-refractivity contribution in [3.63, 3.8) is 0 Å². The van der Waals surface area contributed by atoms with Crippen LogP contribution in [0.15, 0.2) is 0 Å². The van der Waals surface area contributed by atoms with Crippen LogP contribution >= 0.6 is 0 Å². The van der Waals surface area contributed by atoms with Crippen LogP contribution in [0.4, 0.5) is 0 Å². The Morgan fingerprint density at radius 2 is 2.10 bits per heavy atom. The van der Waals surface area contributed by atoms with Gasteiger partial charge in [-0.1, -0.05) is 13.8 Å². The van der Waals surface area contributed by atoms with E-state index >= 15 is 0 Å². The summed E-state index contributed by atoms with van der Waals surface area (Å²) in [5, 5.41) is 8.29. The number of rotatable bonds is 5. The molecule has 20 heavy (non-hydrogen) atoms. The Hall–Kier alpha value is -0.870. The average molecular weight is 279 g/mol. The predicted octanol–water partition coefficient (Wildman–Crippen LogP) is 2.89. The molecule has 4 nitrogen and oxygen atoms in total. The number of aryl methyl sites for hydroxylation is 2. The van der Waals surface area contributed by atoms with Gasteiger partial charge in [-0.2, -0.15) is 5.10 Å². The molecule has 0 aliphatic heterocycles. The molecule has 3 atom stereocenters. The predicted molar refractivity (Wildman–Crippen MR) is 81.8 cm³/mol. The first-order valence-electron chi connectivity index (χ1n) is 7.66. The van der Waals surface area contributed by atoms with Crippen molar-refractivity contribution in [3.05, 3.63) is 17.0 Å².